The first-order valence-electron chi connectivity index (χ1n) is 7.51. The summed E-state index contributed by atoms with van der Waals surface area (Å²) in [6.45, 7) is 1.36. The SMILES string of the molecule is Cn1c(CNCC2(O)CCCCC2)nc2ccccc21. The Morgan fingerprint density at radius 3 is 2.75 bits per heavy atom. The van der Waals surface area contributed by atoms with Gasteiger partial charge in [0.25, 0.3) is 0 Å². The molecule has 1 heterocycles. The van der Waals surface area contributed by atoms with Crippen LogP contribution in [0.25, 0.3) is 11.0 Å². The third-order valence-electron chi connectivity index (χ3n) is 4.40. The summed E-state index contributed by atoms with van der Waals surface area (Å²) in [4.78, 5) is 4.64. The van der Waals surface area contributed by atoms with Crippen LogP contribution in [0.2, 0.25) is 0 Å². The molecule has 0 atom stereocenters. The van der Waals surface area contributed by atoms with Crippen molar-refractivity contribution in [1.29, 1.82) is 0 Å². The number of hydrogen-bond donors (Lipinski definition) is 2. The molecule has 1 aliphatic carbocycles. The third kappa shape index (κ3) is 2.72. The molecule has 0 unspecified atom stereocenters. The first-order chi connectivity index (χ1) is 9.68. The molecule has 4 heteroatoms. The Bertz CT molecular complexity index is 584. The monoisotopic (exact) mass is 273 g/mol. The highest BCUT2D eigenvalue weighted by molar-refractivity contribution is 5.75. The van der Waals surface area contributed by atoms with E-state index >= 15 is 0 Å². The van der Waals surface area contributed by atoms with E-state index in [4.69, 9.17) is 0 Å². The van der Waals surface area contributed by atoms with Crippen LogP contribution in [0.15, 0.2) is 24.3 Å². The Morgan fingerprint density at radius 2 is 2.00 bits per heavy atom. The van der Waals surface area contributed by atoms with Gasteiger partial charge in [0, 0.05) is 13.6 Å². The summed E-state index contributed by atoms with van der Waals surface area (Å²) in [5.74, 6) is 1.02. The number of benzene rings is 1. The summed E-state index contributed by atoms with van der Waals surface area (Å²) in [7, 11) is 2.04. The molecule has 2 N–H and O–H groups in total. The van der Waals surface area contributed by atoms with Crippen molar-refractivity contribution in [2.24, 2.45) is 7.05 Å². The zero-order valence-electron chi connectivity index (χ0n) is 12.1. The van der Waals surface area contributed by atoms with E-state index in [0.717, 1.165) is 42.5 Å². The first kappa shape index (κ1) is 13.6. The number of nitrogens with one attached hydrogen (secondary N) is 1. The van der Waals surface area contributed by atoms with Gasteiger partial charge in [-0.1, -0.05) is 31.4 Å². The average Bonchev–Trinajstić information content (AvgIpc) is 2.77. The summed E-state index contributed by atoms with van der Waals surface area (Å²) in [5.41, 5.74) is 1.67. The molecule has 1 saturated carbocycles. The van der Waals surface area contributed by atoms with Crippen molar-refractivity contribution in [1.82, 2.24) is 14.9 Å². The van der Waals surface area contributed by atoms with Crippen LogP contribution in [-0.2, 0) is 13.6 Å². The number of rotatable bonds is 4. The second-order valence-electron chi connectivity index (χ2n) is 5.96. The van der Waals surface area contributed by atoms with Crippen LogP contribution in [0, 0.1) is 0 Å². The fourth-order valence-electron chi connectivity index (χ4n) is 3.15. The lowest BCUT2D eigenvalue weighted by Crippen LogP contribution is -2.42. The van der Waals surface area contributed by atoms with Gasteiger partial charge in [-0.3, -0.25) is 0 Å². The minimum atomic E-state index is -0.511. The molecular formula is C16H23N3O. The van der Waals surface area contributed by atoms with E-state index in [0.29, 0.717) is 13.1 Å². The fraction of sp³-hybridized carbons (Fsp3) is 0.562. The Kier molecular flexibility index (Phi) is 3.76. The number of para-hydroxylation sites is 2. The van der Waals surface area contributed by atoms with Crippen LogP contribution in [0.3, 0.4) is 0 Å². The maximum absolute atomic E-state index is 10.5. The lowest BCUT2D eigenvalue weighted by Gasteiger charge is -2.32. The topological polar surface area (TPSA) is 50.1 Å². The van der Waals surface area contributed by atoms with Crippen LogP contribution in [-0.4, -0.2) is 26.8 Å². The Morgan fingerprint density at radius 1 is 1.25 bits per heavy atom. The maximum Gasteiger partial charge on any atom is 0.123 e. The lowest BCUT2D eigenvalue weighted by molar-refractivity contribution is 0.00452. The van der Waals surface area contributed by atoms with E-state index in [1.807, 2.05) is 25.2 Å². The van der Waals surface area contributed by atoms with Gasteiger partial charge in [-0.15, -0.1) is 0 Å². The molecule has 3 rings (SSSR count). The minimum Gasteiger partial charge on any atom is -0.389 e. The number of hydrogen-bond acceptors (Lipinski definition) is 3. The van der Waals surface area contributed by atoms with Crippen molar-refractivity contribution in [2.45, 2.75) is 44.2 Å². The number of aliphatic hydroxyl groups is 1. The molecule has 20 heavy (non-hydrogen) atoms. The summed E-state index contributed by atoms with van der Waals surface area (Å²) in [5, 5.41) is 13.8. The van der Waals surface area contributed by atoms with E-state index in [9.17, 15) is 5.11 Å². The van der Waals surface area contributed by atoms with Gasteiger partial charge >= 0.3 is 0 Å². The smallest absolute Gasteiger partial charge is 0.123 e. The predicted molar refractivity (Wildman–Crippen MR) is 80.5 cm³/mol. The van der Waals surface area contributed by atoms with Crippen molar-refractivity contribution in [3.8, 4) is 0 Å². The standard InChI is InChI=1S/C16H23N3O/c1-19-14-8-4-3-7-13(14)18-15(19)11-17-12-16(20)9-5-2-6-10-16/h3-4,7-8,17,20H,2,5-6,9-12H2,1H3. The van der Waals surface area contributed by atoms with Crippen LogP contribution in [0.4, 0.5) is 0 Å². The van der Waals surface area contributed by atoms with Crippen molar-refractivity contribution in [3.63, 3.8) is 0 Å². The largest absolute Gasteiger partial charge is 0.389 e. The Labute approximate surface area is 119 Å². The van der Waals surface area contributed by atoms with Gasteiger partial charge in [-0.25, -0.2) is 4.98 Å². The van der Waals surface area contributed by atoms with Crippen LogP contribution < -0.4 is 5.32 Å². The van der Waals surface area contributed by atoms with Gasteiger partial charge in [-0.05, 0) is 25.0 Å². The summed E-state index contributed by atoms with van der Waals surface area (Å²) < 4.78 is 2.12. The predicted octanol–water partition coefficient (Wildman–Crippen LogP) is 2.36. The van der Waals surface area contributed by atoms with Crippen molar-refractivity contribution < 1.29 is 5.11 Å². The Hall–Kier alpha value is -1.39. The molecule has 108 valence electrons. The zero-order valence-corrected chi connectivity index (χ0v) is 12.1. The molecule has 0 saturated heterocycles. The van der Waals surface area contributed by atoms with Gasteiger partial charge in [-0.2, -0.15) is 0 Å². The molecule has 0 aliphatic heterocycles. The number of imidazole rings is 1. The van der Waals surface area contributed by atoms with E-state index in [-0.39, 0.29) is 0 Å². The van der Waals surface area contributed by atoms with Crippen molar-refractivity contribution in [2.75, 3.05) is 6.54 Å². The second kappa shape index (κ2) is 5.54. The molecule has 2 aromatic rings. The number of fused-ring (bicyclic) bond motifs is 1. The van der Waals surface area contributed by atoms with Gasteiger partial charge in [0.1, 0.15) is 5.82 Å². The van der Waals surface area contributed by atoms with Crippen molar-refractivity contribution in [3.05, 3.63) is 30.1 Å². The number of aromatic nitrogens is 2. The quantitative estimate of drug-likeness (QED) is 0.899. The Balaban J connectivity index is 1.63. The van der Waals surface area contributed by atoms with E-state index < -0.39 is 5.60 Å². The summed E-state index contributed by atoms with van der Waals surface area (Å²) in [6.07, 6.45) is 5.38. The summed E-state index contributed by atoms with van der Waals surface area (Å²) in [6, 6.07) is 8.16. The molecule has 1 fully saturated rings. The minimum absolute atomic E-state index is 0.511. The van der Waals surface area contributed by atoms with Gasteiger partial charge < -0.3 is 15.0 Å². The number of aryl methyl sites for hydroxylation is 1. The average molecular weight is 273 g/mol. The van der Waals surface area contributed by atoms with Crippen LogP contribution >= 0.6 is 0 Å². The second-order valence-corrected chi connectivity index (χ2v) is 5.96. The maximum atomic E-state index is 10.5. The van der Waals surface area contributed by atoms with Gasteiger partial charge in [0.2, 0.25) is 0 Å². The zero-order chi connectivity index (χ0) is 14.0. The van der Waals surface area contributed by atoms with E-state index in [1.165, 1.54) is 6.42 Å². The molecule has 1 aromatic carbocycles. The van der Waals surface area contributed by atoms with Crippen LogP contribution in [0.5, 0.6) is 0 Å². The van der Waals surface area contributed by atoms with Crippen LogP contribution in [0.1, 0.15) is 37.9 Å². The molecule has 1 aromatic heterocycles. The van der Waals surface area contributed by atoms with Gasteiger partial charge in [0.15, 0.2) is 0 Å². The highest BCUT2D eigenvalue weighted by Crippen LogP contribution is 2.27. The lowest BCUT2D eigenvalue weighted by atomic mass is 9.85. The van der Waals surface area contributed by atoms with Crippen molar-refractivity contribution >= 4 is 11.0 Å². The van der Waals surface area contributed by atoms with Gasteiger partial charge in [0.05, 0.1) is 23.2 Å². The highest BCUT2D eigenvalue weighted by atomic mass is 16.3. The molecule has 0 bridgehead atoms. The fourth-order valence-corrected chi connectivity index (χ4v) is 3.15. The summed E-state index contributed by atoms with van der Waals surface area (Å²) >= 11 is 0. The normalized spacial score (nSPS) is 18.5. The van der Waals surface area contributed by atoms with E-state index in [1.54, 1.807) is 0 Å². The molecule has 0 amide bonds. The molecular weight excluding hydrogens is 250 g/mol. The van der Waals surface area contributed by atoms with E-state index in [2.05, 4.69) is 20.9 Å². The number of nitrogens with zero attached hydrogens (tertiary/aromatic N) is 2. The molecule has 0 spiro atoms. The molecule has 1 aliphatic rings. The highest BCUT2D eigenvalue weighted by Gasteiger charge is 2.28. The molecule has 4 nitrogen and oxygen atoms in total. The first-order valence-corrected chi connectivity index (χ1v) is 7.51. The third-order valence-corrected chi connectivity index (χ3v) is 4.40. The molecule has 0 radical (unpaired) electrons.